The summed E-state index contributed by atoms with van der Waals surface area (Å²) in [5, 5.41) is 11.8. The van der Waals surface area contributed by atoms with E-state index < -0.39 is 17.5 Å². The Morgan fingerprint density at radius 2 is 1.70 bits per heavy atom. The first-order valence-electron chi connectivity index (χ1n) is 11.5. The minimum absolute atomic E-state index is 0.00872. The van der Waals surface area contributed by atoms with Crippen molar-refractivity contribution < 1.29 is 24.2 Å². The van der Waals surface area contributed by atoms with Gasteiger partial charge in [0.05, 0.1) is 11.8 Å². The fourth-order valence-corrected chi connectivity index (χ4v) is 5.82. The van der Waals surface area contributed by atoms with Gasteiger partial charge in [-0.1, -0.05) is 48.5 Å². The predicted octanol–water partition coefficient (Wildman–Crippen LogP) is 3.63. The first kappa shape index (κ1) is 21.5. The highest BCUT2D eigenvalue weighted by Gasteiger charge is 2.65. The zero-order valence-electron chi connectivity index (χ0n) is 18.6. The number of nitrogens with zero attached hydrogens (tertiary/aromatic N) is 1. The van der Waals surface area contributed by atoms with E-state index in [2.05, 4.69) is 29.6 Å². The number of hydrogen-bond donors (Lipinski definition) is 2. The van der Waals surface area contributed by atoms with Crippen molar-refractivity contribution in [3.05, 3.63) is 59.7 Å². The van der Waals surface area contributed by atoms with E-state index in [1.165, 1.54) is 27.2 Å². The summed E-state index contributed by atoms with van der Waals surface area (Å²) in [4.78, 5) is 37.8. The van der Waals surface area contributed by atoms with Gasteiger partial charge < -0.3 is 20.1 Å². The number of benzene rings is 2. The summed E-state index contributed by atoms with van der Waals surface area (Å²) < 4.78 is 5.65. The van der Waals surface area contributed by atoms with Gasteiger partial charge in [-0.15, -0.1) is 0 Å². The van der Waals surface area contributed by atoms with Crippen LogP contribution in [0.4, 0.5) is 4.79 Å². The maximum Gasteiger partial charge on any atom is 0.407 e. The highest BCUT2D eigenvalue weighted by molar-refractivity contribution is 5.87. The average Bonchev–Trinajstić information content (AvgIpc) is 3.23. The van der Waals surface area contributed by atoms with E-state index in [1.807, 2.05) is 24.3 Å². The number of aliphatic carboxylic acids is 1. The number of carboxylic acid groups (broad SMARTS) is 1. The van der Waals surface area contributed by atoms with Crippen molar-refractivity contribution in [2.24, 2.45) is 11.3 Å². The van der Waals surface area contributed by atoms with Crippen LogP contribution in [0.1, 0.15) is 42.7 Å². The van der Waals surface area contributed by atoms with Crippen LogP contribution in [-0.2, 0) is 14.3 Å². The van der Waals surface area contributed by atoms with Crippen LogP contribution in [-0.4, -0.2) is 54.2 Å². The molecular formula is C26H28N2O5. The third-order valence-corrected chi connectivity index (χ3v) is 7.51. The summed E-state index contributed by atoms with van der Waals surface area (Å²) in [5.41, 5.74) is 4.26. The Kier molecular flexibility index (Phi) is 5.35. The van der Waals surface area contributed by atoms with Gasteiger partial charge in [0.25, 0.3) is 0 Å². The van der Waals surface area contributed by atoms with Gasteiger partial charge in [-0.25, -0.2) is 4.79 Å². The van der Waals surface area contributed by atoms with Crippen LogP contribution >= 0.6 is 0 Å². The van der Waals surface area contributed by atoms with Crippen molar-refractivity contribution in [3.63, 3.8) is 0 Å². The molecule has 0 saturated heterocycles. The van der Waals surface area contributed by atoms with E-state index in [0.29, 0.717) is 6.42 Å². The number of rotatable bonds is 7. The molecule has 33 heavy (non-hydrogen) atoms. The molecule has 0 aromatic heterocycles. The summed E-state index contributed by atoms with van der Waals surface area (Å²) in [6, 6.07) is 16.3. The predicted molar refractivity (Wildman–Crippen MR) is 122 cm³/mol. The van der Waals surface area contributed by atoms with Crippen molar-refractivity contribution in [2.75, 3.05) is 20.2 Å². The Balaban J connectivity index is 1.17. The molecule has 2 aromatic rings. The Morgan fingerprint density at radius 3 is 2.33 bits per heavy atom. The topological polar surface area (TPSA) is 95.9 Å². The highest BCUT2D eigenvalue weighted by Crippen LogP contribution is 2.64. The van der Waals surface area contributed by atoms with Gasteiger partial charge in [-0.2, -0.15) is 0 Å². The Labute approximate surface area is 192 Å². The maximum atomic E-state index is 12.9. The van der Waals surface area contributed by atoms with Crippen LogP contribution in [0.5, 0.6) is 0 Å². The number of fused-ring (bicyclic) bond motifs is 4. The summed E-state index contributed by atoms with van der Waals surface area (Å²) in [6.45, 7) is 0.463. The lowest BCUT2D eigenvalue weighted by Crippen LogP contribution is -2.39. The number of carboxylic acids is 1. The second-order valence-electron chi connectivity index (χ2n) is 9.53. The van der Waals surface area contributed by atoms with E-state index in [9.17, 15) is 14.4 Å². The lowest BCUT2D eigenvalue weighted by molar-refractivity contribution is -0.139. The molecule has 2 aromatic carbocycles. The zero-order chi connectivity index (χ0) is 23.2. The number of carbonyl (C=O) groups excluding carboxylic acids is 2. The van der Waals surface area contributed by atoms with Gasteiger partial charge in [0, 0.05) is 25.6 Å². The lowest BCUT2D eigenvalue weighted by Gasteiger charge is -2.23. The van der Waals surface area contributed by atoms with Crippen LogP contribution in [0.25, 0.3) is 11.1 Å². The fourth-order valence-electron chi connectivity index (χ4n) is 5.82. The summed E-state index contributed by atoms with van der Waals surface area (Å²) >= 11 is 0. The molecule has 3 atom stereocenters. The molecule has 3 aliphatic rings. The minimum Gasteiger partial charge on any atom is -0.481 e. The standard InChI is InChI=1S/C26H28N2O5/c1-28(11-10-23(29)30)24(31)26-13-16(26)12-17(14-26)27-25(32)33-15-22-20-8-4-2-6-18(20)19-7-3-5-9-21(19)22/h2-9,16-17,22H,10-15H2,1H3,(H,27,32)(H,29,30)/t16-,17+,26+/m0/s1. The van der Waals surface area contributed by atoms with Gasteiger partial charge >= 0.3 is 12.1 Å². The molecule has 2 saturated carbocycles. The van der Waals surface area contributed by atoms with Gasteiger partial charge in [0.1, 0.15) is 6.61 Å². The van der Waals surface area contributed by atoms with Crippen LogP contribution in [0, 0.1) is 11.3 Å². The van der Waals surface area contributed by atoms with Crippen molar-refractivity contribution in [1.82, 2.24) is 10.2 Å². The second kappa shape index (κ2) is 8.21. The van der Waals surface area contributed by atoms with Gasteiger partial charge in [0.15, 0.2) is 0 Å². The van der Waals surface area contributed by atoms with E-state index in [4.69, 9.17) is 9.84 Å². The quantitative estimate of drug-likeness (QED) is 0.674. The van der Waals surface area contributed by atoms with E-state index in [1.54, 1.807) is 7.05 Å². The van der Waals surface area contributed by atoms with E-state index >= 15 is 0 Å². The maximum absolute atomic E-state index is 12.9. The summed E-state index contributed by atoms with van der Waals surface area (Å²) in [5.74, 6) is -0.668. The molecule has 0 unspecified atom stereocenters. The van der Waals surface area contributed by atoms with Crippen molar-refractivity contribution in [2.45, 2.75) is 37.6 Å². The van der Waals surface area contributed by atoms with Crippen molar-refractivity contribution in [1.29, 1.82) is 0 Å². The number of hydrogen-bond acceptors (Lipinski definition) is 4. The van der Waals surface area contributed by atoms with E-state index in [-0.39, 0.29) is 43.4 Å². The highest BCUT2D eigenvalue weighted by atomic mass is 16.5. The van der Waals surface area contributed by atoms with Gasteiger partial charge in [-0.05, 0) is 47.4 Å². The monoisotopic (exact) mass is 448 g/mol. The van der Waals surface area contributed by atoms with Gasteiger partial charge in [0.2, 0.25) is 5.91 Å². The smallest absolute Gasteiger partial charge is 0.407 e. The first-order chi connectivity index (χ1) is 15.9. The van der Waals surface area contributed by atoms with Crippen LogP contribution in [0.2, 0.25) is 0 Å². The Hall–Kier alpha value is -3.35. The molecule has 2 amide bonds. The van der Waals surface area contributed by atoms with Crippen LogP contribution in [0.3, 0.4) is 0 Å². The zero-order valence-corrected chi connectivity index (χ0v) is 18.6. The molecule has 172 valence electrons. The SMILES string of the molecule is CN(CCC(=O)O)C(=O)[C@]12C[C@H](NC(=O)OCC3c4ccccc4-c4ccccc43)C[C@H]1C2. The Morgan fingerprint density at radius 1 is 1.06 bits per heavy atom. The molecular weight excluding hydrogens is 420 g/mol. The number of alkyl carbamates (subject to hydrolysis) is 1. The lowest BCUT2D eigenvalue weighted by atomic mass is 9.98. The van der Waals surface area contributed by atoms with Crippen molar-refractivity contribution in [3.8, 4) is 11.1 Å². The van der Waals surface area contributed by atoms with Crippen molar-refractivity contribution >= 4 is 18.0 Å². The molecule has 7 nitrogen and oxygen atoms in total. The molecule has 5 rings (SSSR count). The number of nitrogens with one attached hydrogen (secondary N) is 1. The normalized spacial score (nSPS) is 24.4. The van der Waals surface area contributed by atoms with E-state index in [0.717, 1.165) is 12.8 Å². The van der Waals surface area contributed by atoms with Crippen LogP contribution < -0.4 is 5.32 Å². The molecule has 7 heteroatoms. The molecule has 0 bridgehead atoms. The molecule has 2 fully saturated rings. The molecule has 2 N–H and O–H groups in total. The third-order valence-electron chi connectivity index (χ3n) is 7.51. The minimum atomic E-state index is -0.916. The largest absolute Gasteiger partial charge is 0.481 e. The number of ether oxygens (including phenoxy) is 1. The second-order valence-corrected chi connectivity index (χ2v) is 9.53. The number of carbonyl (C=O) groups is 3. The molecule has 0 spiro atoms. The molecule has 3 aliphatic carbocycles. The van der Waals surface area contributed by atoms with Gasteiger partial charge in [-0.3, -0.25) is 9.59 Å². The summed E-state index contributed by atoms with van der Waals surface area (Å²) in [6.07, 6.45) is 1.63. The van der Waals surface area contributed by atoms with Crippen LogP contribution in [0.15, 0.2) is 48.5 Å². The third kappa shape index (κ3) is 3.86. The molecule has 0 heterocycles. The molecule has 0 aliphatic heterocycles. The summed E-state index contributed by atoms with van der Waals surface area (Å²) in [7, 11) is 1.65. The fraction of sp³-hybridized carbons (Fsp3) is 0.423. The average molecular weight is 449 g/mol. The molecule has 0 radical (unpaired) electrons. The Bertz CT molecular complexity index is 1070. The number of amides is 2. The first-order valence-corrected chi connectivity index (χ1v) is 11.5.